The largest absolute Gasteiger partial charge is 0.478 e. The Bertz CT molecular complexity index is 578. The second-order valence-corrected chi connectivity index (χ2v) is 3.67. The molecule has 1 heterocycles. The first-order valence-corrected chi connectivity index (χ1v) is 5.00. The van der Waals surface area contributed by atoms with Crippen LogP contribution in [-0.2, 0) is 4.79 Å². The first-order valence-electron chi connectivity index (χ1n) is 4.62. The maximum Gasteiger partial charge on any atom is 0.328 e. The Morgan fingerprint density at radius 1 is 1.38 bits per heavy atom. The Morgan fingerprint density at radius 3 is 2.94 bits per heavy atom. The number of carboxylic acids is 1. The summed E-state index contributed by atoms with van der Waals surface area (Å²) in [5.74, 6) is -0.980. The van der Waals surface area contributed by atoms with Gasteiger partial charge in [-0.05, 0) is 35.9 Å². The van der Waals surface area contributed by atoms with Crippen LogP contribution in [0.1, 0.15) is 5.56 Å². The van der Waals surface area contributed by atoms with Gasteiger partial charge in [0.05, 0.1) is 5.52 Å². The highest BCUT2D eigenvalue weighted by molar-refractivity contribution is 6.31. The highest BCUT2D eigenvalue weighted by Gasteiger charge is 2.00. The number of hydrogen-bond acceptors (Lipinski definition) is 2. The first-order chi connectivity index (χ1) is 7.66. The van der Waals surface area contributed by atoms with E-state index in [1.165, 1.54) is 6.08 Å². The van der Waals surface area contributed by atoms with Gasteiger partial charge in [-0.2, -0.15) is 0 Å². The van der Waals surface area contributed by atoms with E-state index in [9.17, 15) is 4.79 Å². The topological polar surface area (TPSA) is 50.2 Å². The number of pyridine rings is 1. The van der Waals surface area contributed by atoms with E-state index in [-0.39, 0.29) is 0 Å². The molecule has 2 rings (SSSR count). The summed E-state index contributed by atoms with van der Waals surface area (Å²) in [6, 6.07) is 7.07. The summed E-state index contributed by atoms with van der Waals surface area (Å²) in [6.07, 6.45) is 4.26. The summed E-state index contributed by atoms with van der Waals surface area (Å²) < 4.78 is 0. The van der Waals surface area contributed by atoms with Crippen LogP contribution in [0.5, 0.6) is 0 Å². The van der Waals surface area contributed by atoms with Gasteiger partial charge in [0, 0.05) is 22.7 Å². The summed E-state index contributed by atoms with van der Waals surface area (Å²) in [7, 11) is 0. The van der Waals surface area contributed by atoms with Gasteiger partial charge in [0.1, 0.15) is 0 Å². The molecule has 0 aliphatic rings. The number of carbonyl (C=O) groups is 1. The highest BCUT2D eigenvalue weighted by Crippen LogP contribution is 2.21. The van der Waals surface area contributed by atoms with Gasteiger partial charge >= 0.3 is 5.97 Å². The Hall–Kier alpha value is -1.87. The van der Waals surface area contributed by atoms with E-state index >= 15 is 0 Å². The monoisotopic (exact) mass is 233 g/mol. The fourth-order valence-electron chi connectivity index (χ4n) is 1.45. The predicted molar refractivity (Wildman–Crippen MR) is 63.4 cm³/mol. The second-order valence-electron chi connectivity index (χ2n) is 3.23. The lowest BCUT2D eigenvalue weighted by Crippen LogP contribution is -1.87. The quantitative estimate of drug-likeness (QED) is 0.812. The molecule has 0 fully saturated rings. The molecule has 3 nitrogen and oxygen atoms in total. The lowest BCUT2D eigenvalue weighted by Gasteiger charge is -2.01. The lowest BCUT2D eigenvalue weighted by molar-refractivity contribution is -0.131. The molecule has 2 aromatic rings. The molecule has 0 amide bonds. The Labute approximate surface area is 97.0 Å². The maximum atomic E-state index is 10.4. The molecule has 0 atom stereocenters. The molecule has 16 heavy (non-hydrogen) atoms. The van der Waals surface area contributed by atoms with E-state index in [0.29, 0.717) is 5.02 Å². The van der Waals surface area contributed by atoms with Crippen molar-refractivity contribution < 1.29 is 9.90 Å². The van der Waals surface area contributed by atoms with Crippen LogP contribution < -0.4 is 0 Å². The van der Waals surface area contributed by atoms with Gasteiger partial charge in [0.25, 0.3) is 0 Å². The van der Waals surface area contributed by atoms with Gasteiger partial charge in [0.15, 0.2) is 0 Å². The van der Waals surface area contributed by atoms with Crippen molar-refractivity contribution in [1.82, 2.24) is 4.98 Å². The van der Waals surface area contributed by atoms with Gasteiger partial charge in [-0.3, -0.25) is 4.98 Å². The summed E-state index contributed by atoms with van der Waals surface area (Å²) in [5.41, 5.74) is 1.58. The molecule has 1 aromatic heterocycles. The van der Waals surface area contributed by atoms with Crippen LogP contribution in [0.4, 0.5) is 0 Å². The smallest absolute Gasteiger partial charge is 0.328 e. The minimum absolute atomic E-state index is 0.602. The molecule has 0 saturated heterocycles. The van der Waals surface area contributed by atoms with Crippen LogP contribution in [0, 0.1) is 0 Å². The zero-order valence-corrected chi connectivity index (χ0v) is 8.98. The van der Waals surface area contributed by atoms with E-state index in [1.807, 2.05) is 0 Å². The molecule has 80 valence electrons. The Balaban J connectivity index is 2.60. The Morgan fingerprint density at radius 2 is 2.19 bits per heavy atom. The Kier molecular flexibility index (Phi) is 2.88. The van der Waals surface area contributed by atoms with Crippen LogP contribution in [0.15, 0.2) is 36.5 Å². The van der Waals surface area contributed by atoms with Crippen LogP contribution in [-0.4, -0.2) is 16.1 Å². The van der Waals surface area contributed by atoms with Gasteiger partial charge in [0.2, 0.25) is 0 Å². The molecule has 4 heteroatoms. The first kappa shape index (κ1) is 10.6. The van der Waals surface area contributed by atoms with Crippen molar-refractivity contribution in [2.45, 2.75) is 0 Å². The van der Waals surface area contributed by atoms with Crippen molar-refractivity contribution in [1.29, 1.82) is 0 Å². The average Bonchev–Trinajstić information content (AvgIpc) is 2.26. The highest BCUT2D eigenvalue weighted by atomic mass is 35.5. The average molecular weight is 234 g/mol. The summed E-state index contributed by atoms with van der Waals surface area (Å²) in [6.45, 7) is 0. The lowest BCUT2D eigenvalue weighted by atomic mass is 10.1. The van der Waals surface area contributed by atoms with E-state index < -0.39 is 5.97 Å². The SMILES string of the molecule is O=C(O)C=Cc1ccnc2ccc(Cl)cc12. The maximum absolute atomic E-state index is 10.4. The minimum Gasteiger partial charge on any atom is -0.478 e. The number of halogens is 1. The van der Waals surface area contributed by atoms with E-state index in [2.05, 4.69) is 4.98 Å². The molecule has 0 aliphatic carbocycles. The van der Waals surface area contributed by atoms with Gasteiger partial charge in [-0.15, -0.1) is 0 Å². The summed E-state index contributed by atoms with van der Waals surface area (Å²) in [4.78, 5) is 14.6. The molecule has 1 N–H and O–H groups in total. The number of aromatic nitrogens is 1. The summed E-state index contributed by atoms with van der Waals surface area (Å²) in [5, 5.41) is 10.0. The summed E-state index contributed by atoms with van der Waals surface area (Å²) >= 11 is 5.89. The van der Waals surface area contributed by atoms with Gasteiger partial charge < -0.3 is 5.11 Å². The number of hydrogen-bond donors (Lipinski definition) is 1. The molecule has 0 bridgehead atoms. The number of aliphatic carboxylic acids is 1. The van der Waals surface area contributed by atoms with Crippen molar-refractivity contribution in [2.75, 3.05) is 0 Å². The zero-order chi connectivity index (χ0) is 11.5. The van der Waals surface area contributed by atoms with Crippen molar-refractivity contribution in [3.8, 4) is 0 Å². The zero-order valence-electron chi connectivity index (χ0n) is 8.22. The number of nitrogens with zero attached hydrogens (tertiary/aromatic N) is 1. The number of benzene rings is 1. The van der Waals surface area contributed by atoms with Crippen molar-refractivity contribution in [3.63, 3.8) is 0 Å². The fraction of sp³-hybridized carbons (Fsp3) is 0. The van der Waals surface area contributed by atoms with Crippen molar-refractivity contribution in [2.24, 2.45) is 0 Å². The van der Waals surface area contributed by atoms with E-state index in [1.54, 1.807) is 30.5 Å². The molecule has 0 saturated carbocycles. The van der Waals surface area contributed by atoms with Crippen LogP contribution in [0.2, 0.25) is 5.02 Å². The molecule has 1 aromatic carbocycles. The van der Waals surface area contributed by atoms with Gasteiger partial charge in [-0.1, -0.05) is 11.6 Å². The molecule has 0 radical (unpaired) electrons. The van der Waals surface area contributed by atoms with E-state index in [0.717, 1.165) is 22.5 Å². The molecule has 0 unspecified atom stereocenters. The third kappa shape index (κ3) is 2.20. The molecular weight excluding hydrogens is 226 g/mol. The normalized spacial score (nSPS) is 11.1. The second kappa shape index (κ2) is 4.33. The van der Waals surface area contributed by atoms with Gasteiger partial charge in [-0.25, -0.2) is 4.79 Å². The third-order valence-electron chi connectivity index (χ3n) is 2.14. The minimum atomic E-state index is -0.980. The van der Waals surface area contributed by atoms with Crippen molar-refractivity contribution in [3.05, 3.63) is 47.1 Å². The van der Waals surface area contributed by atoms with Crippen molar-refractivity contribution >= 4 is 34.5 Å². The van der Waals surface area contributed by atoms with Crippen LogP contribution in [0.25, 0.3) is 17.0 Å². The molecule has 0 spiro atoms. The van der Waals surface area contributed by atoms with Crippen LogP contribution in [0.3, 0.4) is 0 Å². The van der Waals surface area contributed by atoms with Crippen LogP contribution >= 0.6 is 11.6 Å². The standard InChI is InChI=1S/C12H8ClNO2/c13-9-2-3-11-10(7-9)8(5-6-14-11)1-4-12(15)16/h1-7H,(H,15,16). The predicted octanol–water partition coefficient (Wildman–Crippen LogP) is 2.99. The molecular formula is C12H8ClNO2. The number of fused-ring (bicyclic) bond motifs is 1. The fourth-order valence-corrected chi connectivity index (χ4v) is 1.62. The number of rotatable bonds is 2. The third-order valence-corrected chi connectivity index (χ3v) is 2.38. The molecule has 0 aliphatic heterocycles. The van der Waals surface area contributed by atoms with E-state index in [4.69, 9.17) is 16.7 Å². The number of carboxylic acid groups (broad SMARTS) is 1.